The third-order valence-corrected chi connectivity index (χ3v) is 3.28. The van der Waals surface area contributed by atoms with Crippen LogP contribution in [0.5, 0.6) is 5.75 Å². The molecule has 1 aliphatic rings. The van der Waals surface area contributed by atoms with Crippen molar-refractivity contribution < 1.29 is 9.90 Å². The number of phenols is 1. The summed E-state index contributed by atoms with van der Waals surface area (Å²) in [5.41, 5.74) is 0.850. The van der Waals surface area contributed by atoms with Crippen LogP contribution in [0.2, 0.25) is 0 Å². The molecule has 2 rings (SSSR count). The summed E-state index contributed by atoms with van der Waals surface area (Å²) >= 11 is 0. The summed E-state index contributed by atoms with van der Waals surface area (Å²) in [7, 11) is 0. The van der Waals surface area contributed by atoms with Crippen molar-refractivity contribution in [3.05, 3.63) is 42.0 Å². The average Bonchev–Trinajstić information content (AvgIpc) is 2.42. The molecule has 0 spiro atoms. The van der Waals surface area contributed by atoms with Crippen LogP contribution in [-0.2, 0) is 6.42 Å². The van der Waals surface area contributed by atoms with E-state index in [4.69, 9.17) is 0 Å². The predicted octanol–water partition coefficient (Wildman–Crippen LogP) is 2.34. The molecular formula is C15H20N2O2. The fraction of sp³-hybridized carbons (Fsp3) is 0.400. The van der Waals surface area contributed by atoms with E-state index in [-0.39, 0.29) is 17.8 Å². The number of allylic oxidation sites excluding steroid dienone is 1. The molecule has 0 bridgehead atoms. The molecule has 1 aromatic carbocycles. The summed E-state index contributed by atoms with van der Waals surface area (Å²) in [6.07, 6.45) is 7.83. The van der Waals surface area contributed by atoms with Gasteiger partial charge in [-0.3, -0.25) is 0 Å². The number of hydrogen-bond acceptors (Lipinski definition) is 2. The fourth-order valence-corrected chi connectivity index (χ4v) is 2.19. The second kappa shape index (κ2) is 6.83. The highest BCUT2D eigenvalue weighted by molar-refractivity contribution is 5.74. The van der Waals surface area contributed by atoms with E-state index in [0.29, 0.717) is 13.0 Å². The van der Waals surface area contributed by atoms with Crippen LogP contribution in [0.25, 0.3) is 0 Å². The lowest BCUT2D eigenvalue weighted by atomic mass is 10.0. The van der Waals surface area contributed by atoms with Crippen molar-refractivity contribution in [2.75, 3.05) is 6.54 Å². The van der Waals surface area contributed by atoms with Crippen LogP contribution in [0.3, 0.4) is 0 Å². The van der Waals surface area contributed by atoms with E-state index in [1.165, 1.54) is 0 Å². The van der Waals surface area contributed by atoms with Crippen molar-refractivity contribution in [2.45, 2.75) is 31.7 Å². The fourth-order valence-electron chi connectivity index (χ4n) is 2.19. The molecule has 4 nitrogen and oxygen atoms in total. The van der Waals surface area contributed by atoms with E-state index in [1.807, 2.05) is 12.1 Å². The normalized spacial score (nSPS) is 18.0. The van der Waals surface area contributed by atoms with Crippen molar-refractivity contribution >= 4 is 6.03 Å². The lowest BCUT2D eigenvalue weighted by molar-refractivity contribution is 0.236. The van der Waals surface area contributed by atoms with Gasteiger partial charge in [0.05, 0.1) is 0 Å². The Morgan fingerprint density at radius 2 is 2.16 bits per heavy atom. The number of carbonyl (C=O) groups excluding carboxylic acids is 1. The lowest BCUT2D eigenvalue weighted by Crippen LogP contribution is -2.43. The first kappa shape index (κ1) is 13.5. The quantitative estimate of drug-likeness (QED) is 0.728. The Bertz CT molecular complexity index is 457. The molecule has 1 aliphatic carbocycles. The SMILES string of the molecule is O=C(NCCc1ccccc1O)NC1CC=CCC1. The van der Waals surface area contributed by atoms with Gasteiger partial charge in [0.1, 0.15) is 5.75 Å². The van der Waals surface area contributed by atoms with Crippen LogP contribution in [0, 0.1) is 0 Å². The minimum atomic E-state index is -0.129. The zero-order valence-electron chi connectivity index (χ0n) is 10.9. The van der Waals surface area contributed by atoms with Gasteiger partial charge < -0.3 is 15.7 Å². The highest BCUT2D eigenvalue weighted by Gasteiger charge is 2.12. The highest BCUT2D eigenvalue weighted by atomic mass is 16.3. The highest BCUT2D eigenvalue weighted by Crippen LogP contribution is 2.15. The van der Waals surface area contributed by atoms with E-state index >= 15 is 0 Å². The molecule has 0 aliphatic heterocycles. The molecule has 3 N–H and O–H groups in total. The summed E-state index contributed by atoms with van der Waals surface area (Å²) in [5, 5.41) is 15.4. The molecule has 19 heavy (non-hydrogen) atoms. The van der Waals surface area contributed by atoms with Crippen LogP contribution in [0.15, 0.2) is 36.4 Å². The largest absolute Gasteiger partial charge is 0.508 e. The van der Waals surface area contributed by atoms with Gasteiger partial charge in [-0.25, -0.2) is 4.79 Å². The molecule has 4 heteroatoms. The molecule has 0 fully saturated rings. The molecule has 0 saturated heterocycles. The second-order valence-corrected chi connectivity index (χ2v) is 4.76. The van der Waals surface area contributed by atoms with E-state index < -0.39 is 0 Å². The first-order valence-corrected chi connectivity index (χ1v) is 6.72. The Kier molecular flexibility index (Phi) is 4.84. The van der Waals surface area contributed by atoms with Crippen molar-refractivity contribution in [3.8, 4) is 5.75 Å². The topological polar surface area (TPSA) is 61.4 Å². The molecule has 0 saturated carbocycles. The van der Waals surface area contributed by atoms with Gasteiger partial charge in [0.15, 0.2) is 0 Å². The first-order chi connectivity index (χ1) is 9.25. The summed E-state index contributed by atoms with van der Waals surface area (Å²) in [5.74, 6) is 0.280. The van der Waals surface area contributed by atoms with Gasteiger partial charge in [0.25, 0.3) is 0 Å². The van der Waals surface area contributed by atoms with Crippen molar-refractivity contribution in [3.63, 3.8) is 0 Å². The number of aromatic hydroxyl groups is 1. The third kappa shape index (κ3) is 4.32. The maximum atomic E-state index is 11.7. The van der Waals surface area contributed by atoms with E-state index in [2.05, 4.69) is 22.8 Å². The maximum Gasteiger partial charge on any atom is 0.315 e. The average molecular weight is 260 g/mol. The number of benzene rings is 1. The molecule has 0 radical (unpaired) electrons. The van der Waals surface area contributed by atoms with Crippen LogP contribution in [-0.4, -0.2) is 23.7 Å². The van der Waals surface area contributed by atoms with Crippen LogP contribution < -0.4 is 10.6 Å². The van der Waals surface area contributed by atoms with Gasteiger partial charge in [-0.05, 0) is 37.3 Å². The number of urea groups is 1. The van der Waals surface area contributed by atoms with Crippen molar-refractivity contribution in [1.82, 2.24) is 10.6 Å². The van der Waals surface area contributed by atoms with E-state index in [9.17, 15) is 9.90 Å². The van der Waals surface area contributed by atoms with Crippen LogP contribution in [0.4, 0.5) is 4.79 Å². The van der Waals surface area contributed by atoms with Crippen molar-refractivity contribution in [1.29, 1.82) is 0 Å². The van der Waals surface area contributed by atoms with Gasteiger partial charge in [-0.2, -0.15) is 0 Å². The molecule has 1 atom stereocenters. The van der Waals surface area contributed by atoms with E-state index in [1.54, 1.807) is 12.1 Å². The number of hydrogen-bond donors (Lipinski definition) is 3. The smallest absolute Gasteiger partial charge is 0.315 e. The lowest BCUT2D eigenvalue weighted by Gasteiger charge is -2.19. The molecule has 0 aromatic heterocycles. The van der Waals surface area contributed by atoms with Crippen molar-refractivity contribution in [2.24, 2.45) is 0 Å². The number of para-hydroxylation sites is 1. The maximum absolute atomic E-state index is 11.7. The second-order valence-electron chi connectivity index (χ2n) is 4.76. The molecule has 0 heterocycles. The number of amides is 2. The Balaban J connectivity index is 1.69. The van der Waals surface area contributed by atoms with Gasteiger partial charge in [0, 0.05) is 12.6 Å². The third-order valence-electron chi connectivity index (χ3n) is 3.28. The standard InChI is InChI=1S/C15H20N2O2/c18-14-9-5-4-6-12(14)10-11-16-15(19)17-13-7-2-1-3-8-13/h1-2,4-6,9,13,18H,3,7-8,10-11H2,(H2,16,17,19). The number of nitrogens with one attached hydrogen (secondary N) is 2. The zero-order valence-corrected chi connectivity index (χ0v) is 10.9. The first-order valence-electron chi connectivity index (χ1n) is 6.72. The molecular weight excluding hydrogens is 240 g/mol. The van der Waals surface area contributed by atoms with Gasteiger partial charge >= 0.3 is 6.03 Å². The number of carbonyl (C=O) groups is 1. The Hall–Kier alpha value is -1.97. The summed E-state index contributed by atoms with van der Waals surface area (Å²) in [6.45, 7) is 0.520. The monoisotopic (exact) mass is 260 g/mol. The van der Waals surface area contributed by atoms with E-state index in [0.717, 1.165) is 24.8 Å². The molecule has 1 aromatic rings. The molecule has 1 unspecified atom stereocenters. The number of phenolic OH excluding ortho intramolecular Hbond substituents is 1. The van der Waals surface area contributed by atoms with Gasteiger partial charge in [0.2, 0.25) is 0 Å². The predicted molar refractivity (Wildman–Crippen MR) is 75.1 cm³/mol. The Morgan fingerprint density at radius 3 is 2.89 bits per heavy atom. The van der Waals surface area contributed by atoms with Gasteiger partial charge in [-0.1, -0.05) is 30.4 Å². The summed E-state index contributed by atoms with van der Waals surface area (Å²) < 4.78 is 0. The van der Waals surface area contributed by atoms with Crippen LogP contribution >= 0.6 is 0 Å². The molecule has 2 amide bonds. The Morgan fingerprint density at radius 1 is 1.32 bits per heavy atom. The zero-order chi connectivity index (χ0) is 13.5. The number of rotatable bonds is 4. The molecule has 102 valence electrons. The van der Waals surface area contributed by atoms with Crippen LogP contribution in [0.1, 0.15) is 24.8 Å². The minimum absolute atomic E-state index is 0.129. The summed E-state index contributed by atoms with van der Waals surface area (Å²) in [6, 6.07) is 7.30. The minimum Gasteiger partial charge on any atom is -0.508 e. The Labute approximate surface area is 113 Å². The van der Waals surface area contributed by atoms with Gasteiger partial charge in [-0.15, -0.1) is 0 Å². The summed E-state index contributed by atoms with van der Waals surface area (Å²) in [4.78, 5) is 11.7.